The fraction of sp³-hybridized carbons (Fsp3) is 1.00. The molecule has 2 nitrogen and oxygen atoms in total. The molecule has 15 heavy (non-hydrogen) atoms. The Morgan fingerprint density at radius 3 is 2.40 bits per heavy atom. The van der Waals surface area contributed by atoms with Crippen LogP contribution in [-0.4, -0.2) is 36.1 Å². The molecule has 1 saturated heterocycles. The van der Waals surface area contributed by atoms with Gasteiger partial charge in [-0.2, -0.15) is 0 Å². The molecule has 0 amide bonds. The van der Waals surface area contributed by atoms with Gasteiger partial charge in [0.15, 0.2) is 0 Å². The summed E-state index contributed by atoms with van der Waals surface area (Å²) in [5.41, 5.74) is 0.488. The highest BCUT2D eigenvalue weighted by Crippen LogP contribution is 2.34. The fourth-order valence-electron chi connectivity index (χ4n) is 2.73. The van der Waals surface area contributed by atoms with Crippen LogP contribution in [0.25, 0.3) is 0 Å². The topological polar surface area (TPSA) is 15.3 Å². The summed E-state index contributed by atoms with van der Waals surface area (Å²) < 4.78 is 0. The van der Waals surface area contributed by atoms with E-state index in [9.17, 15) is 0 Å². The molecule has 1 saturated carbocycles. The molecule has 0 spiro atoms. The number of nitrogens with zero attached hydrogens (tertiary/aromatic N) is 1. The summed E-state index contributed by atoms with van der Waals surface area (Å²) in [6.07, 6.45) is 4.17. The Bertz CT molecular complexity index is 217. The number of hydrogen-bond donors (Lipinski definition) is 1. The lowest BCUT2D eigenvalue weighted by atomic mass is 9.84. The first-order valence-electron chi connectivity index (χ1n) is 6.50. The maximum Gasteiger partial charge on any atom is 0.0246 e. The average molecular weight is 210 g/mol. The van der Waals surface area contributed by atoms with Crippen molar-refractivity contribution >= 4 is 0 Å². The third-order valence-corrected chi connectivity index (χ3v) is 4.18. The van der Waals surface area contributed by atoms with Crippen molar-refractivity contribution in [3.8, 4) is 0 Å². The summed E-state index contributed by atoms with van der Waals surface area (Å²) in [5, 5.41) is 3.67. The zero-order valence-electron chi connectivity index (χ0n) is 10.7. The van der Waals surface area contributed by atoms with E-state index in [0.29, 0.717) is 17.5 Å². The predicted octanol–water partition coefficient (Wildman–Crippen LogP) is 2.25. The Hall–Kier alpha value is -0.0800. The van der Waals surface area contributed by atoms with Gasteiger partial charge in [0.2, 0.25) is 0 Å². The third kappa shape index (κ3) is 2.54. The van der Waals surface area contributed by atoms with Gasteiger partial charge in [0.25, 0.3) is 0 Å². The Kier molecular flexibility index (Phi) is 3.09. The molecule has 1 atom stereocenters. The molecule has 1 N–H and O–H groups in total. The fourth-order valence-corrected chi connectivity index (χ4v) is 2.73. The quantitative estimate of drug-likeness (QED) is 0.765. The van der Waals surface area contributed by atoms with Gasteiger partial charge in [-0.3, -0.25) is 4.90 Å². The minimum absolute atomic E-state index is 0.488. The SMILES string of the molecule is CC(C)N(CC1NCCC1(C)C)C1CC1. The lowest BCUT2D eigenvalue weighted by Crippen LogP contribution is -2.47. The maximum atomic E-state index is 3.67. The van der Waals surface area contributed by atoms with Crippen LogP contribution in [-0.2, 0) is 0 Å². The van der Waals surface area contributed by atoms with Crippen molar-refractivity contribution in [2.45, 2.75) is 65.1 Å². The molecular weight excluding hydrogens is 184 g/mol. The summed E-state index contributed by atoms with van der Waals surface area (Å²) >= 11 is 0. The second kappa shape index (κ2) is 4.06. The molecule has 88 valence electrons. The maximum absolute atomic E-state index is 3.67. The van der Waals surface area contributed by atoms with Gasteiger partial charge in [-0.15, -0.1) is 0 Å². The van der Waals surface area contributed by atoms with Crippen molar-refractivity contribution in [2.75, 3.05) is 13.1 Å². The van der Waals surface area contributed by atoms with Crippen molar-refractivity contribution in [1.29, 1.82) is 0 Å². The van der Waals surface area contributed by atoms with Gasteiger partial charge >= 0.3 is 0 Å². The van der Waals surface area contributed by atoms with Crippen LogP contribution in [0, 0.1) is 5.41 Å². The summed E-state index contributed by atoms with van der Waals surface area (Å²) in [5.74, 6) is 0. The van der Waals surface area contributed by atoms with E-state index in [-0.39, 0.29) is 0 Å². The van der Waals surface area contributed by atoms with Gasteiger partial charge in [-0.05, 0) is 45.1 Å². The second-order valence-electron chi connectivity index (χ2n) is 6.27. The lowest BCUT2D eigenvalue weighted by molar-refractivity contribution is 0.156. The highest BCUT2D eigenvalue weighted by Gasteiger charge is 2.39. The first kappa shape index (κ1) is 11.4. The molecule has 1 aliphatic carbocycles. The Balaban J connectivity index is 1.93. The molecule has 0 aromatic rings. The van der Waals surface area contributed by atoms with E-state index in [1.165, 1.54) is 32.4 Å². The average Bonchev–Trinajstić information content (AvgIpc) is 2.88. The van der Waals surface area contributed by atoms with E-state index in [4.69, 9.17) is 0 Å². The van der Waals surface area contributed by atoms with Crippen LogP contribution in [0.2, 0.25) is 0 Å². The van der Waals surface area contributed by atoms with E-state index in [1.807, 2.05) is 0 Å². The van der Waals surface area contributed by atoms with Crippen molar-refractivity contribution < 1.29 is 0 Å². The predicted molar refractivity (Wildman–Crippen MR) is 65.1 cm³/mol. The standard InChI is InChI=1S/C13H26N2/c1-10(2)15(11-5-6-11)9-12-13(3,4)7-8-14-12/h10-12,14H,5-9H2,1-4H3. The molecule has 2 heteroatoms. The molecule has 2 aliphatic rings. The van der Waals surface area contributed by atoms with Crippen LogP contribution in [0.5, 0.6) is 0 Å². The minimum atomic E-state index is 0.488. The van der Waals surface area contributed by atoms with Crippen LogP contribution in [0.4, 0.5) is 0 Å². The molecule has 0 radical (unpaired) electrons. The smallest absolute Gasteiger partial charge is 0.0246 e. The summed E-state index contributed by atoms with van der Waals surface area (Å²) in [7, 11) is 0. The van der Waals surface area contributed by atoms with Crippen LogP contribution in [0.1, 0.15) is 47.0 Å². The van der Waals surface area contributed by atoms with Crippen molar-refractivity contribution in [3.63, 3.8) is 0 Å². The van der Waals surface area contributed by atoms with Crippen LogP contribution < -0.4 is 5.32 Å². The van der Waals surface area contributed by atoms with Gasteiger partial charge in [0.1, 0.15) is 0 Å². The first-order valence-corrected chi connectivity index (χ1v) is 6.50. The summed E-state index contributed by atoms with van der Waals surface area (Å²) in [6, 6.07) is 2.29. The molecule has 1 aliphatic heterocycles. The van der Waals surface area contributed by atoms with E-state index < -0.39 is 0 Å². The highest BCUT2D eigenvalue weighted by molar-refractivity contribution is 4.96. The lowest BCUT2D eigenvalue weighted by Gasteiger charge is -2.34. The van der Waals surface area contributed by atoms with E-state index >= 15 is 0 Å². The van der Waals surface area contributed by atoms with E-state index in [1.54, 1.807) is 0 Å². The molecule has 1 heterocycles. The molecule has 0 aromatic heterocycles. The molecule has 1 unspecified atom stereocenters. The molecular formula is C13H26N2. The molecule has 2 rings (SSSR count). The summed E-state index contributed by atoms with van der Waals surface area (Å²) in [6.45, 7) is 11.9. The van der Waals surface area contributed by atoms with E-state index in [0.717, 1.165) is 6.04 Å². The zero-order valence-corrected chi connectivity index (χ0v) is 10.7. The third-order valence-electron chi connectivity index (χ3n) is 4.18. The van der Waals surface area contributed by atoms with Crippen molar-refractivity contribution in [2.24, 2.45) is 5.41 Å². The highest BCUT2D eigenvalue weighted by atomic mass is 15.2. The van der Waals surface area contributed by atoms with Gasteiger partial charge in [0, 0.05) is 24.7 Å². The minimum Gasteiger partial charge on any atom is -0.312 e. The van der Waals surface area contributed by atoms with Gasteiger partial charge < -0.3 is 5.32 Å². The molecule has 2 fully saturated rings. The van der Waals surface area contributed by atoms with Crippen molar-refractivity contribution in [1.82, 2.24) is 10.2 Å². The van der Waals surface area contributed by atoms with E-state index in [2.05, 4.69) is 37.9 Å². The van der Waals surface area contributed by atoms with Gasteiger partial charge in [-0.25, -0.2) is 0 Å². The van der Waals surface area contributed by atoms with Gasteiger partial charge in [-0.1, -0.05) is 13.8 Å². The van der Waals surface area contributed by atoms with Gasteiger partial charge in [0.05, 0.1) is 0 Å². The Morgan fingerprint density at radius 2 is 2.00 bits per heavy atom. The second-order valence-corrected chi connectivity index (χ2v) is 6.27. The van der Waals surface area contributed by atoms with Crippen LogP contribution in [0.3, 0.4) is 0 Å². The summed E-state index contributed by atoms with van der Waals surface area (Å²) in [4.78, 5) is 2.70. The number of rotatable bonds is 4. The first-order chi connectivity index (χ1) is 7.00. The zero-order chi connectivity index (χ0) is 11.1. The Morgan fingerprint density at radius 1 is 1.33 bits per heavy atom. The number of nitrogens with one attached hydrogen (secondary N) is 1. The van der Waals surface area contributed by atoms with Crippen LogP contribution >= 0.6 is 0 Å². The Labute approximate surface area is 94.4 Å². The monoisotopic (exact) mass is 210 g/mol. The normalized spacial score (nSPS) is 30.4. The largest absolute Gasteiger partial charge is 0.312 e. The molecule has 0 bridgehead atoms. The number of hydrogen-bond acceptors (Lipinski definition) is 2. The molecule has 0 aromatic carbocycles. The van der Waals surface area contributed by atoms with Crippen molar-refractivity contribution in [3.05, 3.63) is 0 Å². The van der Waals surface area contributed by atoms with Crippen LogP contribution in [0.15, 0.2) is 0 Å².